The third kappa shape index (κ3) is 3.11. The number of thiophene rings is 1. The first-order valence-corrected chi connectivity index (χ1v) is 9.76. The number of fused-ring (bicyclic) bond motifs is 3. The molecular weight excluding hydrogens is 340 g/mol. The molecule has 0 bridgehead atoms. The van der Waals surface area contributed by atoms with Gasteiger partial charge in [-0.25, -0.2) is 9.97 Å². The largest absolute Gasteiger partial charge is 0.474 e. The lowest BCUT2D eigenvalue weighted by molar-refractivity contribution is -0.144. The van der Waals surface area contributed by atoms with Gasteiger partial charge in [0.15, 0.2) is 0 Å². The summed E-state index contributed by atoms with van der Waals surface area (Å²) in [6.07, 6.45) is 6.16. The van der Waals surface area contributed by atoms with Crippen molar-refractivity contribution in [2.24, 2.45) is 0 Å². The van der Waals surface area contributed by atoms with Crippen LogP contribution in [-0.2, 0) is 16.0 Å². The fourth-order valence-corrected chi connectivity index (χ4v) is 5.04. The van der Waals surface area contributed by atoms with Crippen LogP contribution in [0.5, 0.6) is 5.88 Å². The molecule has 1 unspecified atom stereocenters. The van der Waals surface area contributed by atoms with Crippen LogP contribution in [0.2, 0.25) is 0 Å². The molecule has 1 saturated carbocycles. The van der Waals surface area contributed by atoms with Crippen LogP contribution in [0.25, 0.3) is 10.2 Å². The first kappa shape index (κ1) is 16.7. The molecule has 0 aliphatic heterocycles. The van der Waals surface area contributed by atoms with Gasteiger partial charge in [-0.1, -0.05) is 0 Å². The van der Waals surface area contributed by atoms with Crippen molar-refractivity contribution in [1.82, 2.24) is 9.97 Å². The van der Waals surface area contributed by atoms with Gasteiger partial charge in [0.25, 0.3) is 0 Å². The topological polar surface area (TPSA) is 81.5 Å². The number of nitrogens with zero attached hydrogens (tertiary/aromatic N) is 2. The van der Waals surface area contributed by atoms with E-state index in [0.29, 0.717) is 12.5 Å². The van der Waals surface area contributed by atoms with Gasteiger partial charge < -0.3 is 14.6 Å². The summed E-state index contributed by atoms with van der Waals surface area (Å²) in [6, 6.07) is 0. The van der Waals surface area contributed by atoms with Crippen molar-refractivity contribution >= 4 is 27.5 Å². The SMILES string of the molecule is CCOC(=O)C1CCc2sc3ncnc(O[C@H]4CC[C@H](O)CC4)c3c21. The molecule has 134 valence electrons. The van der Waals surface area contributed by atoms with Gasteiger partial charge in [-0.3, -0.25) is 4.79 Å². The van der Waals surface area contributed by atoms with Crippen LogP contribution in [0.4, 0.5) is 0 Å². The Bertz CT molecular complexity index is 783. The minimum atomic E-state index is -0.245. The Morgan fingerprint density at radius 3 is 2.84 bits per heavy atom. The van der Waals surface area contributed by atoms with Crippen molar-refractivity contribution in [3.05, 3.63) is 16.8 Å². The Kier molecular flexibility index (Phi) is 4.60. The molecule has 2 aromatic rings. The highest BCUT2D eigenvalue weighted by molar-refractivity contribution is 7.19. The molecule has 6 nitrogen and oxygen atoms in total. The number of aromatic nitrogens is 2. The number of rotatable bonds is 4. The highest BCUT2D eigenvalue weighted by atomic mass is 32.1. The number of hydrogen-bond donors (Lipinski definition) is 1. The molecule has 0 spiro atoms. The van der Waals surface area contributed by atoms with Crippen LogP contribution >= 0.6 is 11.3 Å². The predicted octanol–water partition coefficient (Wildman–Crippen LogP) is 2.97. The molecule has 4 rings (SSSR count). The zero-order chi connectivity index (χ0) is 17.4. The van der Waals surface area contributed by atoms with E-state index in [0.717, 1.165) is 54.3 Å². The summed E-state index contributed by atoms with van der Waals surface area (Å²) in [5, 5.41) is 10.6. The summed E-state index contributed by atoms with van der Waals surface area (Å²) in [7, 11) is 0. The van der Waals surface area contributed by atoms with E-state index in [1.165, 1.54) is 11.2 Å². The van der Waals surface area contributed by atoms with E-state index in [-0.39, 0.29) is 24.1 Å². The van der Waals surface area contributed by atoms with E-state index in [1.54, 1.807) is 11.3 Å². The van der Waals surface area contributed by atoms with Crippen molar-refractivity contribution in [1.29, 1.82) is 0 Å². The number of esters is 1. The van der Waals surface area contributed by atoms with Crippen LogP contribution < -0.4 is 4.74 Å². The highest BCUT2D eigenvalue weighted by Crippen LogP contribution is 2.46. The molecule has 0 radical (unpaired) electrons. The molecule has 1 fully saturated rings. The second-order valence-electron chi connectivity index (χ2n) is 6.69. The van der Waals surface area contributed by atoms with Gasteiger partial charge in [-0.15, -0.1) is 11.3 Å². The second kappa shape index (κ2) is 6.88. The summed E-state index contributed by atoms with van der Waals surface area (Å²) in [5.74, 6) is 0.154. The number of aliphatic hydroxyl groups is 1. The standard InChI is InChI=1S/C18H22N2O4S/c1-2-23-18(22)12-7-8-13-14(12)15-16(19-9-20-17(15)25-13)24-11-5-3-10(21)4-6-11/h9-12,21H,2-8H2,1H3/t10-,11-,12?. The quantitative estimate of drug-likeness (QED) is 0.842. The first-order valence-electron chi connectivity index (χ1n) is 8.95. The van der Waals surface area contributed by atoms with E-state index in [2.05, 4.69) is 9.97 Å². The Morgan fingerprint density at radius 2 is 2.08 bits per heavy atom. The van der Waals surface area contributed by atoms with E-state index in [1.807, 2.05) is 6.92 Å². The number of ether oxygens (including phenoxy) is 2. The molecule has 0 aromatic carbocycles. The Labute approximate surface area is 150 Å². The van der Waals surface area contributed by atoms with Gasteiger partial charge in [0, 0.05) is 4.88 Å². The number of aliphatic hydroxyl groups excluding tert-OH is 1. The monoisotopic (exact) mass is 362 g/mol. The molecule has 1 atom stereocenters. The van der Waals surface area contributed by atoms with E-state index < -0.39 is 0 Å². The Balaban J connectivity index is 1.68. The first-order chi connectivity index (χ1) is 12.2. The molecule has 2 heterocycles. The van der Waals surface area contributed by atoms with Crippen LogP contribution in [0.3, 0.4) is 0 Å². The summed E-state index contributed by atoms with van der Waals surface area (Å²) in [4.78, 5) is 23.2. The highest BCUT2D eigenvalue weighted by Gasteiger charge is 2.36. The van der Waals surface area contributed by atoms with Gasteiger partial charge in [-0.2, -0.15) is 0 Å². The lowest BCUT2D eigenvalue weighted by atomic mass is 9.95. The summed E-state index contributed by atoms with van der Waals surface area (Å²) in [5.41, 5.74) is 1.00. The van der Waals surface area contributed by atoms with Crippen LogP contribution in [-0.4, -0.2) is 39.9 Å². The smallest absolute Gasteiger partial charge is 0.313 e. The van der Waals surface area contributed by atoms with Crippen molar-refractivity contribution in [2.75, 3.05) is 6.61 Å². The summed E-state index contributed by atoms with van der Waals surface area (Å²) < 4.78 is 11.4. The van der Waals surface area contributed by atoms with Crippen molar-refractivity contribution in [3.63, 3.8) is 0 Å². The summed E-state index contributed by atoms with van der Waals surface area (Å²) in [6.45, 7) is 2.21. The molecule has 2 aromatic heterocycles. The predicted molar refractivity (Wildman–Crippen MR) is 94.0 cm³/mol. The minimum Gasteiger partial charge on any atom is -0.474 e. The van der Waals surface area contributed by atoms with Crippen molar-refractivity contribution in [3.8, 4) is 5.88 Å². The Morgan fingerprint density at radius 1 is 1.28 bits per heavy atom. The average Bonchev–Trinajstić information content (AvgIpc) is 3.16. The maximum atomic E-state index is 12.4. The molecular formula is C18H22N2O4S. The number of carbonyl (C=O) groups is 1. The molecule has 0 amide bonds. The second-order valence-corrected chi connectivity index (χ2v) is 7.77. The number of aryl methyl sites for hydroxylation is 1. The molecule has 1 N–H and O–H groups in total. The van der Waals surface area contributed by atoms with Gasteiger partial charge in [-0.05, 0) is 51.0 Å². The number of carbonyl (C=O) groups excluding carboxylic acids is 1. The molecule has 2 aliphatic rings. The average molecular weight is 362 g/mol. The normalized spacial score (nSPS) is 25.8. The maximum Gasteiger partial charge on any atom is 0.313 e. The molecule has 7 heteroatoms. The fourth-order valence-electron chi connectivity index (χ4n) is 3.84. The number of hydrogen-bond acceptors (Lipinski definition) is 7. The molecule has 25 heavy (non-hydrogen) atoms. The lowest BCUT2D eigenvalue weighted by Crippen LogP contribution is -2.26. The van der Waals surface area contributed by atoms with Gasteiger partial charge in [0.05, 0.1) is 24.0 Å². The third-order valence-corrected chi connectivity index (χ3v) is 6.24. The van der Waals surface area contributed by atoms with E-state index in [4.69, 9.17) is 9.47 Å². The van der Waals surface area contributed by atoms with Crippen LogP contribution in [0.1, 0.15) is 55.4 Å². The third-order valence-electron chi connectivity index (χ3n) is 5.07. The van der Waals surface area contributed by atoms with Crippen LogP contribution in [0.15, 0.2) is 6.33 Å². The zero-order valence-electron chi connectivity index (χ0n) is 14.2. The van der Waals surface area contributed by atoms with Crippen LogP contribution in [0, 0.1) is 0 Å². The van der Waals surface area contributed by atoms with Crippen molar-refractivity contribution in [2.45, 2.75) is 63.6 Å². The van der Waals surface area contributed by atoms with E-state index >= 15 is 0 Å². The lowest BCUT2D eigenvalue weighted by Gasteiger charge is -2.26. The Hall–Kier alpha value is -1.73. The van der Waals surface area contributed by atoms with Crippen molar-refractivity contribution < 1.29 is 19.4 Å². The maximum absolute atomic E-state index is 12.4. The summed E-state index contributed by atoms with van der Waals surface area (Å²) >= 11 is 1.62. The molecule has 0 saturated heterocycles. The van der Waals surface area contributed by atoms with Gasteiger partial charge in [0.1, 0.15) is 17.3 Å². The zero-order valence-corrected chi connectivity index (χ0v) is 15.1. The van der Waals surface area contributed by atoms with Gasteiger partial charge >= 0.3 is 5.97 Å². The van der Waals surface area contributed by atoms with E-state index in [9.17, 15) is 9.90 Å². The molecule has 2 aliphatic carbocycles. The van der Waals surface area contributed by atoms with Gasteiger partial charge in [0.2, 0.25) is 5.88 Å². The minimum absolute atomic E-state index is 0.0551. The fraction of sp³-hybridized carbons (Fsp3) is 0.611.